The highest BCUT2D eigenvalue weighted by Crippen LogP contribution is 2.17. The number of aliphatic hydroxyl groups is 1. The van der Waals surface area contributed by atoms with Gasteiger partial charge in [-0.1, -0.05) is 36.4 Å². The van der Waals surface area contributed by atoms with E-state index < -0.39 is 23.3 Å². The largest absolute Gasteiger partial charge is 0.444 e. The second kappa shape index (κ2) is 6.76. The molecule has 4 nitrogen and oxygen atoms in total. The molecule has 2 N–H and O–H groups in total. The zero-order valence-corrected chi connectivity index (χ0v) is 13.2. The molecule has 0 saturated carbocycles. The molecule has 1 rings (SSSR count). The Hall–Kier alpha value is -1.81. The number of hydrogen-bond donors (Lipinski definition) is 2. The van der Waals surface area contributed by atoms with Crippen LogP contribution in [0, 0.1) is 0 Å². The number of carbonyl (C=O) groups is 1. The molecule has 1 aromatic rings. The number of ether oxygens (including phenoxy) is 1. The molecule has 0 heterocycles. The molecule has 2 atom stereocenters. The highest BCUT2D eigenvalue weighted by molar-refractivity contribution is 5.68. The quantitative estimate of drug-likeness (QED) is 0.820. The van der Waals surface area contributed by atoms with E-state index in [0.717, 1.165) is 5.56 Å². The Bertz CT molecular complexity index is 475. The van der Waals surface area contributed by atoms with Crippen molar-refractivity contribution in [3.63, 3.8) is 0 Å². The molecule has 0 spiro atoms. The van der Waals surface area contributed by atoms with Gasteiger partial charge in [0.05, 0.1) is 6.04 Å². The fourth-order valence-corrected chi connectivity index (χ4v) is 1.85. The van der Waals surface area contributed by atoms with E-state index in [-0.39, 0.29) is 0 Å². The Morgan fingerprint density at radius 1 is 1.33 bits per heavy atom. The van der Waals surface area contributed by atoms with Gasteiger partial charge < -0.3 is 15.2 Å². The number of hydrogen-bond acceptors (Lipinski definition) is 3. The molecule has 0 saturated heterocycles. The first-order valence-corrected chi connectivity index (χ1v) is 7.03. The highest BCUT2D eigenvalue weighted by atomic mass is 16.6. The monoisotopic (exact) mass is 291 g/mol. The molecular weight excluding hydrogens is 266 g/mol. The van der Waals surface area contributed by atoms with Gasteiger partial charge in [-0.15, -0.1) is 6.58 Å². The lowest BCUT2D eigenvalue weighted by atomic mass is 9.91. The van der Waals surface area contributed by atoms with Crippen molar-refractivity contribution in [3.05, 3.63) is 48.6 Å². The molecule has 4 heteroatoms. The van der Waals surface area contributed by atoms with Crippen molar-refractivity contribution in [1.82, 2.24) is 5.32 Å². The van der Waals surface area contributed by atoms with E-state index in [1.807, 2.05) is 30.3 Å². The first kappa shape index (κ1) is 17.2. The van der Waals surface area contributed by atoms with Crippen LogP contribution < -0.4 is 5.32 Å². The standard InChI is InChI=1S/C17H25NO3/c1-6-17(5,20)14(12-13-10-8-7-9-11-13)18-15(19)21-16(2,3)4/h6-11,14,20H,1,12H2,2-5H3,(H,18,19)/t14-,17+/m1/s1. The van der Waals surface area contributed by atoms with Gasteiger partial charge in [0.1, 0.15) is 11.2 Å². The van der Waals surface area contributed by atoms with Crippen molar-refractivity contribution in [1.29, 1.82) is 0 Å². The van der Waals surface area contributed by atoms with Crippen LogP contribution in [0.25, 0.3) is 0 Å². The Kier molecular flexibility index (Phi) is 5.55. The molecule has 0 unspecified atom stereocenters. The second-order valence-electron chi connectivity index (χ2n) is 6.32. The summed E-state index contributed by atoms with van der Waals surface area (Å²) < 4.78 is 5.25. The lowest BCUT2D eigenvalue weighted by Gasteiger charge is -2.32. The number of amides is 1. The number of rotatable bonds is 5. The predicted octanol–water partition coefficient (Wildman–Crippen LogP) is 3.06. The summed E-state index contributed by atoms with van der Waals surface area (Å²) in [5.41, 5.74) is -0.797. The van der Waals surface area contributed by atoms with Gasteiger partial charge in [-0.2, -0.15) is 0 Å². The Labute approximate surface area is 126 Å². The molecule has 0 bridgehead atoms. The molecule has 0 aliphatic heterocycles. The fraction of sp³-hybridized carbons (Fsp3) is 0.471. The van der Waals surface area contributed by atoms with Crippen molar-refractivity contribution in [2.45, 2.75) is 51.4 Å². The summed E-state index contributed by atoms with van der Waals surface area (Å²) >= 11 is 0. The van der Waals surface area contributed by atoms with E-state index in [1.165, 1.54) is 6.08 Å². The zero-order valence-electron chi connectivity index (χ0n) is 13.2. The number of benzene rings is 1. The summed E-state index contributed by atoms with van der Waals surface area (Å²) in [5.74, 6) is 0. The maximum absolute atomic E-state index is 11.9. The van der Waals surface area contributed by atoms with Gasteiger partial charge in [0, 0.05) is 0 Å². The highest BCUT2D eigenvalue weighted by Gasteiger charge is 2.31. The summed E-state index contributed by atoms with van der Waals surface area (Å²) in [4.78, 5) is 11.9. The predicted molar refractivity (Wildman–Crippen MR) is 84.1 cm³/mol. The van der Waals surface area contributed by atoms with Crippen LogP contribution in [0.2, 0.25) is 0 Å². The molecule has 1 amide bonds. The molecule has 0 radical (unpaired) electrons. The van der Waals surface area contributed by atoms with Gasteiger partial charge in [-0.3, -0.25) is 0 Å². The maximum atomic E-state index is 11.9. The molecule has 0 aliphatic rings. The van der Waals surface area contributed by atoms with Gasteiger partial charge in [-0.05, 0) is 39.7 Å². The van der Waals surface area contributed by atoms with Crippen molar-refractivity contribution < 1.29 is 14.6 Å². The third-order valence-electron chi connectivity index (χ3n) is 3.09. The van der Waals surface area contributed by atoms with E-state index in [2.05, 4.69) is 11.9 Å². The van der Waals surface area contributed by atoms with Crippen LogP contribution in [-0.2, 0) is 11.2 Å². The molecule has 21 heavy (non-hydrogen) atoms. The smallest absolute Gasteiger partial charge is 0.407 e. The summed E-state index contributed by atoms with van der Waals surface area (Å²) in [6.45, 7) is 10.6. The fourth-order valence-electron chi connectivity index (χ4n) is 1.85. The van der Waals surface area contributed by atoms with Crippen molar-refractivity contribution in [2.24, 2.45) is 0 Å². The normalized spacial score (nSPS) is 15.7. The van der Waals surface area contributed by atoms with E-state index in [4.69, 9.17) is 4.74 Å². The van der Waals surface area contributed by atoms with Crippen molar-refractivity contribution in [2.75, 3.05) is 0 Å². The van der Waals surface area contributed by atoms with Crippen LogP contribution in [0.3, 0.4) is 0 Å². The molecule has 0 aliphatic carbocycles. The minimum atomic E-state index is -1.23. The number of nitrogens with one attached hydrogen (secondary N) is 1. The summed E-state index contributed by atoms with van der Waals surface area (Å²) in [6, 6.07) is 9.13. The SMILES string of the molecule is C=C[C@](C)(O)[C@@H](Cc1ccccc1)NC(=O)OC(C)(C)C. The van der Waals surface area contributed by atoms with Crippen molar-refractivity contribution in [3.8, 4) is 0 Å². The van der Waals surface area contributed by atoms with Gasteiger partial charge in [0.15, 0.2) is 0 Å². The second-order valence-corrected chi connectivity index (χ2v) is 6.32. The molecular formula is C17H25NO3. The average Bonchev–Trinajstić information content (AvgIpc) is 2.37. The van der Waals surface area contributed by atoms with Crippen LogP contribution in [-0.4, -0.2) is 28.4 Å². The van der Waals surface area contributed by atoms with Crippen LogP contribution in [0.15, 0.2) is 43.0 Å². The molecule has 1 aromatic carbocycles. The topological polar surface area (TPSA) is 58.6 Å². The lowest BCUT2D eigenvalue weighted by Crippen LogP contribution is -2.52. The van der Waals surface area contributed by atoms with Crippen molar-refractivity contribution >= 4 is 6.09 Å². The zero-order chi connectivity index (χ0) is 16.1. The average molecular weight is 291 g/mol. The van der Waals surface area contributed by atoms with Gasteiger partial charge in [-0.25, -0.2) is 4.79 Å². The van der Waals surface area contributed by atoms with Crippen LogP contribution in [0.4, 0.5) is 4.79 Å². The third kappa shape index (κ3) is 6.00. The minimum absolute atomic E-state index is 0.485. The van der Waals surface area contributed by atoms with E-state index in [1.54, 1.807) is 27.7 Å². The van der Waals surface area contributed by atoms with Crippen LogP contribution in [0.1, 0.15) is 33.3 Å². The van der Waals surface area contributed by atoms with Crippen LogP contribution in [0.5, 0.6) is 0 Å². The lowest BCUT2D eigenvalue weighted by molar-refractivity contribution is 0.0300. The summed E-state index contributed by atoms with van der Waals surface area (Å²) in [6.07, 6.45) is 1.36. The molecule has 0 fully saturated rings. The number of carbonyl (C=O) groups excluding carboxylic acids is 1. The van der Waals surface area contributed by atoms with E-state index in [0.29, 0.717) is 6.42 Å². The maximum Gasteiger partial charge on any atom is 0.407 e. The Morgan fingerprint density at radius 3 is 2.38 bits per heavy atom. The summed E-state index contributed by atoms with van der Waals surface area (Å²) in [7, 11) is 0. The van der Waals surface area contributed by atoms with Gasteiger partial charge >= 0.3 is 6.09 Å². The Balaban J connectivity index is 2.84. The third-order valence-corrected chi connectivity index (χ3v) is 3.09. The summed E-state index contributed by atoms with van der Waals surface area (Å²) in [5, 5.41) is 13.1. The minimum Gasteiger partial charge on any atom is -0.444 e. The Morgan fingerprint density at radius 2 is 1.90 bits per heavy atom. The van der Waals surface area contributed by atoms with Crippen LogP contribution >= 0.6 is 0 Å². The first-order chi connectivity index (χ1) is 9.64. The first-order valence-electron chi connectivity index (χ1n) is 7.03. The van der Waals surface area contributed by atoms with E-state index in [9.17, 15) is 9.90 Å². The van der Waals surface area contributed by atoms with Gasteiger partial charge in [0.25, 0.3) is 0 Å². The van der Waals surface area contributed by atoms with Gasteiger partial charge in [0.2, 0.25) is 0 Å². The van der Waals surface area contributed by atoms with E-state index >= 15 is 0 Å². The number of alkyl carbamates (subject to hydrolysis) is 1. The molecule has 0 aromatic heterocycles. The molecule has 116 valence electrons.